The van der Waals surface area contributed by atoms with E-state index < -0.39 is 11.6 Å². The van der Waals surface area contributed by atoms with Crippen molar-refractivity contribution in [2.24, 2.45) is 0 Å². The van der Waals surface area contributed by atoms with E-state index in [2.05, 4.69) is 10.3 Å². The molecule has 0 radical (unpaired) electrons. The Morgan fingerprint density at radius 3 is 2.28 bits per heavy atom. The van der Waals surface area contributed by atoms with Crippen LogP contribution in [0.15, 0.2) is 30.6 Å². The fraction of sp³-hybridized carbons (Fsp3) is 0.250. The van der Waals surface area contributed by atoms with Gasteiger partial charge in [-0.3, -0.25) is 4.98 Å². The minimum Gasteiger partial charge on any atom is -0.365 e. The van der Waals surface area contributed by atoms with Crippen LogP contribution < -0.4 is 10.2 Å². The first-order chi connectivity index (χ1) is 12.0. The molecule has 2 amide bonds. The van der Waals surface area contributed by atoms with Gasteiger partial charge in [0.15, 0.2) is 11.6 Å². The third kappa shape index (κ3) is 3.93. The highest BCUT2D eigenvalue weighted by Crippen LogP contribution is 2.33. The first-order valence-corrected chi connectivity index (χ1v) is 8.26. The number of amides is 2. The molecular weight excluding hydrogens is 373 g/mol. The zero-order chi connectivity index (χ0) is 18.0. The number of nitrogens with one attached hydrogen (secondary N) is 1. The highest BCUT2D eigenvalue weighted by Gasteiger charge is 2.24. The van der Waals surface area contributed by atoms with Crippen molar-refractivity contribution in [3.8, 4) is 0 Å². The summed E-state index contributed by atoms with van der Waals surface area (Å²) in [5, 5.41) is 3.46. The number of piperazine rings is 1. The molecule has 1 fully saturated rings. The quantitative estimate of drug-likeness (QED) is 0.847. The van der Waals surface area contributed by atoms with Crippen molar-refractivity contribution in [1.29, 1.82) is 0 Å². The standard InChI is InChI=1S/C16H14Cl2F2N4O/c17-11-8-21-9-12(18)15(11)23-3-5-24(6-4-23)16(25)22-10-1-2-13(19)14(20)7-10/h1-2,7-9H,3-6H2,(H,22,25). The van der Waals surface area contributed by atoms with Gasteiger partial charge in [0.2, 0.25) is 0 Å². The van der Waals surface area contributed by atoms with Gasteiger partial charge in [-0.2, -0.15) is 0 Å². The Kier molecular flexibility index (Phi) is 5.24. The number of pyridine rings is 1. The fourth-order valence-electron chi connectivity index (χ4n) is 2.62. The van der Waals surface area contributed by atoms with E-state index in [4.69, 9.17) is 23.2 Å². The maximum absolute atomic E-state index is 13.2. The Balaban J connectivity index is 1.62. The molecule has 0 aliphatic carbocycles. The first-order valence-electron chi connectivity index (χ1n) is 7.50. The Morgan fingerprint density at radius 1 is 1.04 bits per heavy atom. The molecule has 0 bridgehead atoms. The van der Waals surface area contributed by atoms with Crippen molar-refractivity contribution in [1.82, 2.24) is 9.88 Å². The number of rotatable bonds is 2. The van der Waals surface area contributed by atoms with E-state index in [-0.39, 0.29) is 11.7 Å². The summed E-state index contributed by atoms with van der Waals surface area (Å²) in [4.78, 5) is 19.7. The van der Waals surface area contributed by atoms with Gasteiger partial charge in [0, 0.05) is 50.3 Å². The molecule has 1 aromatic heterocycles. The number of carbonyl (C=O) groups is 1. The van der Waals surface area contributed by atoms with Gasteiger partial charge in [-0.25, -0.2) is 13.6 Å². The number of benzene rings is 1. The molecule has 0 unspecified atom stereocenters. The van der Waals surface area contributed by atoms with Crippen LogP contribution in [0.3, 0.4) is 0 Å². The topological polar surface area (TPSA) is 48.5 Å². The van der Waals surface area contributed by atoms with Crippen molar-refractivity contribution in [2.45, 2.75) is 0 Å². The van der Waals surface area contributed by atoms with Gasteiger partial charge >= 0.3 is 6.03 Å². The Bertz CT molecular complexity index is 777. The molecular formula is C16H14Cl2F2N4O. The van der Waals surface area contributed by atoms with Crippen LogP contribution in [-0.4, -0.2) is 42.1 Å². The summed E-state index contributed by atoms with van der Waals surface area (Å²) >= 11 is 12.3. The van der Waals surface area contributed by atoms with Crippen molar-refractivity contribution >= 4 is 40.6 Å². The molecule has 1 saturated heterocycles. The number of hydrogen-bond donors (Lipinski definition) is 1. The van der Waals surface area contributed by atoms with Gasteiger partial charge in [-0.05, 0) is 12.1 Å². The Hall–Kier alpha value is -2.12. The summed E-state index contributed by atoms with van der Waals surface area (Å²) < 4.78 is 26.1. The van der Waals surface area contributed by atoms with Crippen molar-refractivity contribution in [3.05, 3.63) is 52.3 Å². The van der Waals surface area contributed by atoms with Gasteiger partial charge < -0.3 is 15.1 Å². The van der Waals surface area contributed by atoms with Crippen LogP contribution in [0.1, 0.15) is 0 Å². The molecule has 9 heteroatoms. The van der Waals surface area contributed by atoms with Crippen LogP contribution in [0.4, 0.5) is 25.0 Å². The van der Waals surface area contributed by atoms with Crippen LogP contribution in [0.5, 0.6) is 0 Å². The minimum atomic E-state index is -1.01. The van der Waals surface area contributed by atoms with E-state index in [9.17, 15) is 13.6 Å². The molecule has 5 nitrogen and oxygen atoms in total. The van der Waals surface area contributed by atoms with Crippen LogP contribution >= 0.6 is 23.2 Å². The molecule has 132 valence electrons. The van der Waals surface area contributed by atoms with E-state index in [1.807, 2.05) is 4.90 Å². The summed E-state index contributed by atoms with van der Waals surface area (Å²) in [6.07, 6.45) is 3.04. The SMILES string of the molecule is O=C(Nc1ccc(F)c(F)c1)N1CCN(c2c(Cl)cncc2Cl)CC1. The number of nitrogens with zero attached hydrogens (tertiary/aromatic N) is 3. The van der Waals surface area contributed by atoms with Crippen molar-refractivity contribution in [2.75, 3.05) is 36.4 Å². The molecule has 1 aliphatic rings. The van der Waals surface area contributed by atoms with Gasteiger partial charge in [-0.15, -0.1) is 0 Å². The molecule has 25 heavy (non-hydrogen) atoms. The molecule has 0 saturated carbocycles. The van der Waals surface area contributed by atoms with Gasteiger partial charge in [0.05, 0.1) is 15.7 Å². The van der Waals surface area contributed by atoms with Crippen LogP contribution in [-0.2, 0) is 0 Å². The molecule has 1 aromatic carbocycles. The predicted molar refractivity (Wildman–Crippen MR) is 93.4 cm³/mol. The average Bonchev–Trinajstić information content (AvgIpc) is 2.58. The zero-order valence-electron chi connectivity index (χ0n) is 13.0. The van der Waals surface area contributed by atoms with E-state index in [0.29, 0.717) is 41.9 Å². The number of urea groups is 1. The van der Waals surface area contributed by atoms with E-state index in [1.165, 1.54) is 18.5 Å². The van der Waals surface area contributed by atoms with E-state index in [0.717, 1.165) is 12.1 Å². The number of aromatic nitrogens is 1. The van der Waals surface area contributed by atoms with E-state index in [1.54, 1.807) is 4.90 Å². The maximum Gasteiger partial charge on any atom is 0.321 e. The fourth-order valence-corrected chi connectivity index (χ4v) is 3.22. The van der Waals surface area contributed by atoms with Gasteiger partial charge in [0.1, 0.15) is 0 Å². The van der Waals surface area contributed by atoms with Crippen LogP contribution in [0.25, 0.3) is 0 Å². The normalized spacial score (nSPS) is 14.6. The first kappa shape index (κ1) is 17.7. The third-order valence-corrected chi connectivity index (χ3v) is 4.44. The Morgan fingerprint density at radius 2 is 1.68 bits per heavy atom. The van der Waals surface area contributed by atoms with Crippen molar-refractivity contribution < 1.29 is 13.6 Å². The molecule has 1 aliphatic heterocycles. The summed E-state index contributed by atoms with van der Waals surface area (Å²) in [7, 11) is 0. The zero-order valence-corrected chi connectivity index (χ0v) is 14.5. The van der Waals surface area contributed by atoms with Gasteiger partial charge in [-0.1, -0.05) is 23.2 Å². The second kappa shape index (κ2) is 7.41. The number of hydrogen-bond acceptors (Lipinski definition) is 3. The molecule has 1 N–H and O–H groups in total. The largest absolute Gasteiger partial charge is 0.365 e. The molecule has 3 rings (SSSR count). The van der Waals surface area contributed by atoms with Crippen molar-refractivity contribution in [3.63, 3.8) is 0 Å². The summed E-state index contributed by atoms with van der Waals surface area (Å²) in [6.45, 7) is 1.94. The maximum atomic E-state index is 13.2. The predicted octanol–water partition coefficient (Wildman–Crippen LogP) is 4.02. The highest BCUT2D eigenvalue weighted by atomic mass is 35.5. The lowest BCUT2D eigenvalue weighted by Gasteiger charge is -2.36. The lowest BCUT2D eigenvalue weighted by Crippen LogP contribution is -2.50. The van der Waals surface area contributed by atoms with Gasteiger partial charge in [0.25, 0.3) is 0 Å². The molecule has 2 heterocycles. The number of carbonyl (C=O) groups excluding carboxylic acids is 1. The molecule has 2 aromatic rings. The number of anilines is 2. The smallest absolute Gasteiger partial charge is 0.321 e. The van der Waals surface area contributed by atoms with Crippen LogP contribution in [0.2, 0.25) is 10.0 Å². The Labute approximate surface area is 153 Å². The van der Waals surface area contributed by atoms with Crippen LogP contribution in [0, 0.1) is 11.6 Å². The molecule has 0 spiro atoms. The minimum absolute atomic E-state index is 0.201. The third-order valence-electron chi connectivity index (χ3n) is 3.88. The highest BCUT2D eigenvalue weighted by molar-refractivity contribution is 6.38. The average molecular weight is 387 g/mol. The lowest BCUT2D eigenvalue weighted by atomic mass is 10.2. The van der Waals surface area contributed by atoms with E-state index >= 15 is 0 Å². The summed E-state index contributed by atoms with van der Waals surface area (Å²) in [5.41, 5.74) is 0.894. The second-order valence-corrected chi connectivity index (χ2v) is 6.30. The lowest BCUT2D eigenvalue weighted by molar-refractivity contribution is 0.208. The monoisotopic (exact) mass is 386 g/mol. The molecule has 0 atom stereocenters. The number of halogens is 4. The second-order valence-electron chi connectivity index (χ2n) is 5.48. The summed E-state index contributed by atoms with van der Waals surface area (Å²) in [6, 6.07) is 2.84. The summed E-state index contributed by atoms with van der Waals surface area (Å²) in [5.74, 6) is -1.97.